The normalized spacial score (nSPS) is 18.0. The summed E-state index contributed by atoms with van der Waals surface area (Å²) >= 11 is 1.74. The van der Waals surface area contributed by atoms with Crippen LogP contribution in [-0.4, -0.2) is 35.6 Å². The predicted octanol–water partition coefficient (Wildman–Crippen LogP) is 4.58. The van der Waals surface area contributed by atoms with Crippen molar-refractivity contribution in [3.8, 4) is 5.75 Å². The molecule has 2 aliphatic heterocycles. The molecule has 142 valence electrons. The number of hydrogen-bond acceptors (Lipinski definition) is 4. The molecule has 1 N–H and O–H groups in total. The van der Waals surface area contributed by atoms with Gasteiger partial charge in [-0.1, -0.05) is 12.1 Å². The van der Waals surface area contributed by atoms with Crippen LogP contribution in [0.25, 0.3) is 5.57 Å². The smallest absolute Gasteiger partial charge is 0.303 e. The van der Waals surface area contributed by atoms with Gasteiger partial charge in [-0.2, -0.15) is 0 Å². The van der Waals surface area contributed by atoms with Gasteiger partial charge in [0.1, 0.15) is 12.4 Å². The van der Waals surface area contributed by atoms with Crippen molar-refractivity contribution in [2.24, 2.45) is 0 Å². The molecule has 27 heavy (non-hydrogen) atoms. The number of likely N-dealkylation sites (tertiary alicyclic amines) is 1. The van der Waals surface area contributed by atoms with Crippen LogP contribution in [0, 0.1) is 0 Å². The highest BCUT2D eigenvalue weighted by atomic mass is 32.1. The number of fused-ring (bicyclic) bond motifs is 2. The Kier molecular flexibility index (Phi) is 5.60. The molecule has 0 amide bonds. The van der Waals surface area contributed by atoms with Crippen LogP contribution >= 0.6 is 11.3 Å². The molecule has 2 aliphatic rings. The van der Waals surface area contributed by atoms with E-state index in [1.807, 2.05) is 12.1 Å². The van der Waals surface area contributed by atoms with Gasteiger partial charge in [-0.05, 0) is 79.1 Å². The van der Waals surface area contributed by atoms with E-state index in [4.69, 9.17) is 9.84 Å². The zero-order valence-corrected chi connectivity index (χ0v) is 16.3. The summed E-state index contributed by atoms with van der Waals surface area (Å²) < 4.78 is 6.07. The first-order valence-electron chi connectivity index (χ1n) is 9.68. The van der Waals surface area contributed by atoms with Gasteiger partial charge in [0.25, 0.3) is 0 Å². The maximum Gasteiger partial charge on any atom is 0.303 e. The number of benzene rings is 1. The standard InChI is InChI=1S/C22H25NO3S/c24-22(25)8-6-16-5-7-20-19(14-16)17(4-3-12-23-10-1-2-11-23)18-9-13-27-21(18)15-26-20/h4-5,7,9,13-14H,1-3,6,8,10-12,15H2,(H,24,25)/b17-4-. The second-order valence-corrected chi connectivity index (χ2v) is 8.23. The van der Waals surface area contributed by atoms with E-state index in [1.165, 1.54) is 41.9 Å². The third-order valence-electron chi connectivity index (χ3n) is 5.35. The van der Waals surface area contributed by atoms with E-state index in [2.05, 4.69) is 28.5 Å². The van der Waals surface area contributed by atoms with E-state index in [9.17, 15) is 4.79 Å². The van der Waals surface area contributed by atoms with Crippen LogP contribution in [0.1, 0.15) is 47.3 Å². The number of aryl methyl sites for hydroxylation is 1. The minimum absolute atomic E-state index is 0.150. The van der Waals surface area contributed by atoms with E-state index in [0.717, 1.165) is 29.8 Å². The number of ether oxygens (including phenoxy) is 1. The molecular formula is C22H25NO3S. The fourth-order valence-electron chi connectivity index (χ4n) is 3.92. The van der Waals surface area contributed by atoms with Crippen LogP contribution in [0.5, 0.6) is 5.75 Å². The molecule has 0 saturated carbocycles. The van der Waals surface area contributed by atoms with Crippen LogP contribution < -0.4 is 4.74 Å². The van der Waals surface area contributed by atoms with E-state index in [1.54, 1.807) is 11.3 Å². The Hall–Kier alpha value is -2.11. The van der Waals surface area contributed by atoms with Crippen LogP contribution in [0.4, 0.5) is 0 Å². The van der Waals surface area contributed by atoms with Crippen molar-refractivity contribution in [3.63, 3.8) is 0 Å². The van der Waals surface area contributed by atoms with Crippen LogP contribution in [-0.2, 0) is 17.8 Å². The number of aliphatic carboxylic acids is 1. The topological polar surface area (TPSA) is 49.8 Å². The fourth-order valence-corrected chi connectivity index (χ4v) is 4.72. The Morgan fingerprint density at radius 2 is 2.07 bits per heavy atom. The SMILES string of the molecule is O=C(O)CCc1ccc2c(c1)/C(=C\CCN1CCCC1)c1ccsc1CO2. The van der Waals surface area contributed by atoms with Crippen LogP contribution in [0.3, 0.4) is 0 Å². The van der Waals surface area contributed by atoms with Crippen molar-refractivity contribution in [3.05, 3.63) is 57.3 Å². The van der Waals surface area contributed by atoms with Crippen LogP contribution in [0.2, 0.25) is 0 Å². The first-order valence-corrected chi connectivity index (χ1v) is 10.6. The minimum Gasteiger partial charge on any atom is -0.487 e. The van der Waals surface area contributed by atoms with Crippen molar-refractivity contribution in [1.29, 1.82) is 0 Å². The minimum atomic E-state index is -0.761. The Morgan fingerprint density at radius 1 is 1.22 bits per heavy atom. The summed E-state index contributed by atoms with van der Waals surface area (Å²) in [5.41, 5.74) is 4.63. The van der Waals surface area contributed by atoms with Gasteiger partial charge in [0, 0.05) is 23.4 Å². The number of thiophene rings is 1. The van der Waals surface area contributed by atoms with Crippen LogP contribution in [0.15, 0.2) is 35.7 Å². The second kappa shape index (κ2) is 8.28. The Labute approximate surface area is 164 Å². The predicted molar refractivity (Wildman–Crippen MR) is 108 cm³/mol. The van der Waals surface area contributed by atoms with E-state index < -0.39 is 5.97 Å². The first kappa shape index (κ1) is 18.3. The fraction of sp³-hybridized carbons (Fsp3) is 0.409. The third kappa shape index (κ3) is 4.25. The van der Waals surface area contributed by atoms with Gasteiger partial charge in [0.15, 0.2) is 0 Å². The van der Waals surface area contributed by atoms with Gasteiger partial charge < -0.3 is 14.7 Å². The lowest BCUT2D eigenvalue weighted by molar-refractivity contribution is -0.136. The van der Waals surface area contributed by atoms with E-state index in [0.29, 0.717) is 13.0 Å². The van der Waals surface area contributed by atoms with Crippen molar-refractivity contribution in [2.75, 3.05) is 19.6 Å². The van der Waals surface area contributed by atoms with Gasteiger partial charge in [-0.15, -0.1) is 11.3 Å². The molecule has 1 saturated heterocycles. The van der Waals surface area contributed by atoms with Crippen molar-refractivity contribution >= 4 is 22.9 Å². The number of carboxylic acids is 1. The maximum absolute atomic E-state index is 10.9. The summed E-state index contributed by atoms with van der Waals surface area (Å²) in [6.07, 6.45) is 6.68. The van der Waals surface area contributed by atoms with Gasteiger partial charge in [-0.25, -0.2) is 0 Å². The summed E-state index contributed by atoms with van der Waals surface area (Å²) in [4.78, 5) is 14.7. The molecule has 0 radical (unpaired) electrons. The lowest BCUT2D eigenvalue weighted by atomic mass is 9.94. The maximum atomic E-state index is 10.9. The number of rotatable bonds is 6. The van der Waals surface area contributed by atoms with Crippen molar-refractivity contribution < 1.29 is 14.6 Å². The summed E-state index contributed by atoms with van der Waals surface area (Å²) in [6, 6.07) is 8.29. The molecule has 5 heteroatoms. The summed E-state index contributed by atoms with van der Waals surface area (Å²) in [6.45, 7) is 4.12. The monoisotopic (exact) mass is 383 g/mol. The Balaban J connectivity index is 1.64. The molecule has 1 fully saturated rings. The molecule has 3 heterocycles. The summed E-state index contributed by atoms with van der Waals surface area (Å²) in [5.74, 6) is 0.132. The molecule has 2 aromatic rings. The number of nitrogens with zero attached hydrogens (tertiary/aromatic N) is 1. The highest BCUT2D eigenvalue weighted by Gasteiger charge is 2.21. The third-order valence-corrected chi connectivity index (χ3v) is 6.24. The second-order valence-electron chi connectivity index (χ2n) is 7.23. The first-order chi connectivity index (χ1) is 13.2. The molecule has 0 atom stereocenters. The Bertz CT molecular complexity index is 849. The quantitative estimate of drug-likeness (QED) is 0.793. The number of hydrogen-bond donors (Lipinski definition) is 1. The molecule has 0 bridgehead atoms. The molecule has 4 nitrogen and oxygen atoms in total. The lowest BCUT2D eigenvalue weighted by Crippen LogP contribution is -2.19. The van der Waals surface area contributed by atoms with Crippen molar-refractivity contribution in [2.45, 2.75) is 38.7 Å². The van der Waals surface area contributed by atoms with Gasteiger partial charge in [-0.3, -0.25) is 4.79 Å². The van der Waals surface area contributed by atoms with Crippen molar-refractivity contribution in [1.82, 2.24) is 4.90 Å². The molecule has 1 aromatic carbocycles. The van der Waals surface area contributed by atoms with Gasteiger partial charge in [0.05, 0.1) is 0 Å². The number of carboxylic acid groups (broad SMARTS) is 1. The molecule has 0 unspecified atom stereocenters. The molecule has 4 rings (SSSR count). The van der Waals surface area contributed by atoms with Gasteiger partial charge >= 0.3 is 5.97 Å². The van der Waals surface area contributed by atoms with E-state index in [-0.39, 0.29) is 6.42 Å². The largest absolute Gasteiger partial charge is 0.487 e. The number of carbonyl (C=O) groups is 1. The summed E-state index contributed by atoms with van der Waals surface area (Å²) in [7, 11) is 0. The van der Waals surface area contributed by atoms with Gasteiger partial charge in [0.2, 0.25) is 0 Å². The molecular weight excluding hydrogens is 358 g/mol. The highest BCUT2D eigenvalue weighted by molar-refractivity contribution is 7.10. The molecule has 0 spiro atoms. The van der Waals surface area contributed by atoms with E-state index >= 15 is 0 Å². The lowest BCUT2D eigenvalue weighted by Gasteiger charge is -2.14. The highest BCUT2D eigenvalue weighted by Crippen LogP contribution is 2.39. The molecule has 1 aromatic heterocycles. The average molecular weight is 384 g/mol. The summed E-state index contributed by atoms with van der Waals surface area (Å²) in [5, 5.41) is 11.1. The Morgan fingerprint density at radius 3 is 2.89 bits per heavy atom. The zero-order chi connectivity index (χ0) is 18.6. The average Bonchev–Trinajstić information content (AvgIpc) is 3.32. The zero-order valence-electron chi connectivity index (χ0n) is 15.4. The molecule has 0 aliphatic carbocycles.